The molecule has 426 valence electrons. The number of halogens is 1. The number of hydrogen-bond donors (Lipinski definition) is 7. The van der Waals surface area contributed by atoms with Crippen LogP contribution in [0.25, 0.3) is 0 Å². The lowest BCUT2D eigenvalue weighted by atomic mass is 9.55. The number of fused-ring (bicyclic) bond motifs is 15. The highest BCUT2D eigenvalue weighted by Crippen LogP contribution is 2.64. The van der Waals surface area contributed by atoms with E-state index in [1.54, 1.807) is 7.05 Å². The number of likely N-dealkylation sites (N-methyl/N-ethyl adjacent to an activating group) is 1. The van der Waals surface area contributed by atoms with Crippen molar-refractivity contribution >= 4 is 36.1 Å². The van der Waals surface area contributed by atoms with E-state index < -0.39 is 24.0 Å². The van der Waals surface area contributed by atoms with Crippen LogP contribution >= 0.6 is 12.4 Å². The van der Waals surface area contributed by atoms with E-state index in [0.29, 0.717) is 64.6 Å². The summed E-state index contributed by atoms with van der Waals surface area (Å²) in [5.41, 5.74) is 13.8. The van der Waals surface area contributed by atoms with Crippen molar-refractivity contribution in [1.29, 1.82) is 0 Å². The number of aliphatic hydroxyl groups excluding tert-OH is 3. The Labute approximate surface area is 467 Å². The Morgan fingerprint density at radius 1 is 0.577 bits per heavy atom. The van der Waals surface area contributed by atoms with Crippen LogP contribution in [0.5, 0.6) is 17.2 Å². The number of aliphatic carboxylic acids is 1. The van der Waals surface area contributed by atoms with Crippen molar-refractivity contribution in [2.45, 2.75) is 204 Å². The Morgan fingerprint density at radius 3 is 1.32 bits per heavy atom. The molecule has 9 aliphatic carbocycles. The highest BCUT2D eigenvalue weighted by Gasteiger charge is 2.57. The average molecular weight is 1100 g/mol. The number of carbonyl (C=O) groups is 4. The van der Waals surface area contributed by atoms with Gasteiger partial charge in [-0.25, -0.2) is 0 Å². The van der Waals surface area contributed by atoms with Crippen molar-refractivity contribution < 1.29 is 54.2 Å². The van der Waals surface area contributed by atoms with E-state index >= 15 is 0 Å². The molecule has 0 spiro atoms. The maximum atomic E-state index is 12.2. The highest BCUT2D eigenvalue weighted by molar-refractivity contribution is 5.87. The summed E-state index contributed by atoms with van der Waals surface area (Å²) in [5, 5.41) is 52.7. The zero-order valence-electron chi connectivity index (χ0n) is 46.6. The molecule has 8 N–H and O–H groups in total. The fourth-order valence-corrected chi connectivity index (χ4v) is 18.0. The number of carbonyl (C=O) groups excluding carboxylic acids is 3. The number of phenolic OH excluding ortho intramolecular Hbond substituents is 1. The number of esters is 2. The molecular weight excluding hydrogens is 1010 g/mol. The Kier molecular flexibility index (Phi) is 17.4. The molecule has 0 radical (unpaired) electrons. The number of ether oxygens (including phenoxy) is 2. The van der Waals surface area contributed by atoms with Crippen LogP contribution < -0.4 is 20.5 Å². The van der Waals surface area contributed by atoms with Crippen molar-refractivity contribution in [2.75, 3.05) is 7.05 Å². The van der Waals surface area contributed by atoms with Crippen LogP contribution in [-0.4, -0.2) is 86.7 Å². The molecule has 14 heteroatoms. The summed E-state index contributed by atoms with van der Waals surface area (Å²) in [6.45, 7) is 8.36. The van der Waals surface area contributed by atoms with Crippen molar-refractivity contribution in [2.24, 2.45) is 57.5 Å². The quantitative estimate of drug-likeness (QED) is 0.0783. The molecule has 17 atom stereocenters. The molecule has 6 fully saturated rings. The molecule has 0 saturated heterocycles. The fourth-order valence-electron chi connectivity index (χ4n) is 18.0. The number of nitrogens with one attached hydrogen (secondary N) is 1. The van der Waals surface area contributed by atoms with E-state index in [1.165, 1.54) is 59.6 Å². The summed E-state index contributed by atoms with van der Waals surface area (Å²) >= 11 is 0. The van der Waals surface area contributed by atoms with Crippen molar-refractivity contribution in [3.8, 4) is 17.2 Å². The summed E-state index contributed by atoms with van der Waals surface area (Å²) in [5.74, 6) is 4.76. The zero-order valence-corrected chi connectivity index (χ0v) is 47.4. The van der Waals surface area contributed by atoms with Gasteiger partial charge in [-0.1, -0.05) is 39.0 Å². The van der Waals surface area contributed by atoms with Gasteiger partial charge in [-0.2, -0.15) is 0 Å². The van der Waals surface area contributed by atoms with Gasteiger partial charge in [0.15, 0.2) is 0 Å². The second-order valence-corrected chi connectivity index (χ2v) is 26.0. The third-order valence-electron chi connectivity index (χ3n) is 22.3. The van der Waals surface area contributed by atoms with Crippen LogP contribution in [0.2, 0.25) is 0 Å². The second-order valence-electron chi connectivity index (χ2n) is 26.0. The third-order valence-corrected chi connectivity index (χ3v) is 22.3. The minimum atomic E-state index is -1.25. The maximum absolute atomic E-state index is 12.2. The molecule has 0 amide bonds. The number of nitrogens with two attached hydrogens (primary N) is 1. The van der Waals surface area contributed by atoms with Gasteiger partial charge in [0.25, 0.3) is 0 Å². The largest absolute Gasteiger partial charge is 0.508 e. The molecule has 9 aliphatic rings. The van der Waals surface area contributed by atoms with Crippen molar-refractivity contribution in [3.05, 3.63) is 88.0 Å². The molecule has 9 unspecified atom stereocenters. The van der Waals surface area contributed by atoms with Crippen LogP contribution in [0.4, 0.5) is 0 Å². The molecule has 0 aliphatic heterocycles. The van der Waals surface area contributed by atoms with Crippen LogP contribution in [-0.2, 0) is 38.4 Å². The molecule has 3 aromatic rings. The number of hydrogen-bond acceptors (Lipinski definition) is 12. The van der Waals surface area contributed by atoms with Crippen molar-refractivity contribution in [1.82, 2.24) is 5.32 Å². The number of aromatic hydroxyl groups is 1. The van der Waals surface area contributed by atoms with Gasteiger partial charge in [-0.3, -0.25) is 19.2 Å². The number of ketones is 1. The number of phenols is 1. The van der Waals surface area contributed by atoms with E-state index in [0.717, 1.165) is 102 Å². The predicted molar refractivity (Wildman–Crippen MR) is 300 cm³/mol. The number of Topliss-reactive ketones (excluding diaryl/α,β-unsaturated/α-hetero) is 1. The fraction of sp³-hybridized carbons (Fsp3) is 0.656. The van der Waals surface area contributed by atoms with Gasteiger partial charge in [0, 0.05) is 0 Å². The van der Waals surface area contributed by atoms with Crippen LogP contribution in [0.3, 0.4) is 0 Å². The third kappa shape index (κ3) is 11.0. The molecule has 0 bridgehead atoms. The molecule has 78 heavy (non-hydrogen) atoms. The normalized spacial score (nSPS) is 36.0. The predicted octanol–water partition coefficient (Wildman–Crippen LogP) is 10.0. The number of rotatable bonds is 9. The van der Waals surface area contributed by atoms with Crippen LogP contribution in [0.1, 0.15) is 188 Å². The van der Waals surface area contributed by atoms with Gasteiger partial charge in [0.1, 0.15) is 29.1 Å². The topological polar surface area (TPSA) is 226 Å². The number of aryl methyl sites for hydroxylation is 3. The maximum Gasteiger partial charge on any atom is 0.321 e. The first-order chi connectivity index (χ1) is 36.7. The molecule has 12 rings (SSSR count). The number of benzene rings is 3. The number of carboxylic acid groups (broad SMARTS) is 1. The first kappa shape index (κ1) is 58.3. The minimum Gasteiger partial charge on any atom is -0.508 e. The summed E-state index contributed by atoms with van der Waals surface area (Å²) in [7, 11) is 1.67. The molecular formula is C64H87ClN2O11. The van der Waals surface area contributed by atoms with E-state index in [4.69, 9.17) is 20.3 Å². The van der Waals surface area contributed by atoms with E-state index in [-0.39, 0.29) is 71.6 Å². The van der Waals surface area contributed by atoms with E-state index in [2.05, 4.69) is 44.3 Å². The standard InChI is InChI=1S/C24H33NO4.C22H29NO5.C18H24O2.ClH/c1-14(26)21(25-3)13-23(28)29-16-5-7-17-15(12-16)4-6-19-18(17)10-11-24(2)20(19)8-9-22(24)27;1-22-9-8-15-14-5-3-13(28-20(25)11-18(23)21(26)27)10-12(14)2-4-16(15)17(22)6-7-19(22)24;1-18-9-8-14-13-5-3-12(19)10-11(13)2-4-15(14)16(18)6-7-17(18)20;/h5,7,12,18-22,25,27H,4,6,8-11,13H2,1-3H3;3,5,10,15-19,24H,2,4,6-9,11,23H2,1H3,(H,26,27);3,5,10,14-17,19-20H,2,4,6-9H2,1H3;1H/t18?,19?,20?,21-,22-,24-;15?,16?,17?,18-,19-,22-;14?,15?,16?,17-,18-;/m000./s1. The monoisotopic (exact) mass is 1090 g/mol. The lowest BCUT2D eigenvalue weighted by Gasteiger charge is -2.50. The molecule has 0 heterocycles. The van der Waals surface area contributed by atoms with Gasteiger partial charge in [0.05, 0.1) is 37.2 Å². The lowest BCUT2D eigenvalue weighted by molar-refractivity contribution is -0.143. The van der Waals surface area contributed by atoms with Crippen molar-refractivity contribution in [3.63, 3.8) is 0 Å². The average Bonchev–Trinajstić information content (AvgIpc) is 4.07. The van der Waals surface area contributed by atoms with E-state index in [1.807, 2.05) is 36.4 Å². The smallest absolute Gasteiger partial charge is 0.321 e. The molecule has 6 saturated carbocycles. The summed E-state index contributed by atoms with van der Waals surface area (Å²) in [4.78, 5) is 46.5. The Morgan fingerprint density at radius 2 is 0.949 bits per heavy atom. The first-order valence-corrected chi connectivity index (χ1v) is 29.4. The van der Waals surface area contributed by atoms with Crippen LogP contribution in [0, 0.1) is 51.8 Å². The number of aliphatic hydroxyl groups is 3. The SMILES string of the molecule is CN[C@@H](CC(=O)Oc1ccc2c(c1)CCC1C2CC[C@@]2(C)C1CC[C@@H]2O)C(C)=O.C[C@]12CCC3c4ccc(O)cc4CCC3C1CC[C@@H]2O.C[C@]12CCC3c4ccc(OC(=O)C[C@H](N)C(=O)O)cc4CCC3C1CC[C@@H]2O.Cl. The van der Waals surface area contributed by atoms with Gasteiger partial charge in [0.2, 0.25) is 0 Å². The Bertz CT molecular complexity index is 2720. The summed E-state index contributed by atoms with van der Waals surface area (Å²) in [6, 6.07) is 16.1. The Balaban J connectivity index is 0.000000144. The van der Waals surface area contributed by atoms with Crippen LogP contribution in [0.15, 0.2) is 54.6 Å². The molecule has 13 nitrogen and oxygen atoms in total. The molecule has 3 aromatic carbocycles. The van der Waals surface area contributed by atoms with Gasteiger partial charge in [-0.15, -0.1) is 12.4 Å². The van der Waals surface area contributed by atoms with Gasteiger partial charge in [-0.05, 0) is 269 Å². The summed E-state index contributed by atoms with van der Waals surface area (Å²) in [6.07, 6.45) is 18.8. The molecule has 0 aromatic heterocycles. The van der Waals surface area contributed by atoms with Gasteiger partial charge < -0.3 is 46.1 Å². The minimum absolute atomic E-state index is 0. The lowest BCUT2D eigenvalue weighted by Crippen LogP contribution is -2.43. The second kappa shape index (κ2) is 23.2. The number of carboxylic acids is 1. The summed E-state index contributed by atoms with van der Waals surface area (Å²) < 4.78 is 10.9. The highest BCUT2D eigenvalue weighted by atomic mass is 35.5. The Hall–Kier alpha value is -4.37. The van der Waals surface area contributed by atoms with E-state index in [9.17, 15) is 39.6 Å². The van der Waals surface area contributed by atoms with Gasteiger partial charge >= 0.3 is 17.9 Å². The zero-order chi connectivity index (χ0) is 54.7. The first-order valence-electron chi connectivity index (χ1n) is 29.4.